The van der Waals surface area contributed by atoms with Crippen LogP contribution in [0, 0.1) is 11.3 Å². The lowest BCUT2D eigenvalue weighted by Crippen LogP contribution is -2.13. The summed E-state index contributed by atoms with van der Waals surface area (Å²) in [6.45, 7) is 0. The molecule has 0 unspecified atom stereocenters. The Morgan fingerprint density at radius 1 is 1.39 bits per heavy atom. The number of hydrogen-bond acceptors (Lipinski definition) is 4. The van der Waals surface area contributed by atoms with Crippen molar-refractivity contribution in [2.75, 3.05) is 5.32 Å². The number of carboxylic acid groups (broad SMARTS) is 2. The largest absolute Gasteiger partial charge is 0.478 e. The molecule has 1 aromatic rings. The number of hydrogen-bond donors (Lipinski definition) is 3. The fraction of sp³-hybridized carbons (Fsp3) is 0. The zero-order valence-corrected chi connectivity index (χ0v) is 9.60. The number of nitriles is 1. The maximum atomic E-state index is 10.8. The van der Waals surface area contributed by atoms with Gasteiger partial charge in [-0.05, 0) is 18.2 Å². The Bertz CT molecular complexity index is 575. The Balaban J connectivity index is 3.13. The van der Waals surface area contributed by atoms with Gasteiger partial charge in [-0.25, -0.2) is 9.59 Å². The van der Waals surface area contributed by atoms with Gasteiger partial charge in [0.2, 0.25) is 0 Å². The van der Waals surface area contributed by atoms with Crippen molar-refractivity contribution in [2.45, 2.75) is 0 Å². The van der Waals surface area contributed by atoms with Crippen molar-refractivity contribution in [1.29, 1.82) is 5.26 Å². The van der Waals surface area contributed by atoms with Crippen LogP contribution >= 0.6 is 11.6 Å². The van der Waals surface area contributed by atoms with Gasteiger partial charge in [0.25, 0.3) is 0 Å². The average molecular weight is 267 g/mol. The lowest BCUT2D eigenvalue weighted by atomic mass is 10.2. The lowest BCUT2D eigenvalue weighted by Gasteiger charge is -2.08. The van der Waals surface area contributed by atoms with Gasteiger partial charge in [-0.3, -0.25) is 0 Å². The third-order valence-corrected chi connectivity index (χ3v) is 2.10. The van der Waals surface area contributed by atoms with Crippen LogP contribution in [-0.2, 0) is 9.59 Å². The molecule has 0 aromatic heterocycles. The smallest absolute Gasteiger partial charge is 0.352 e. The van der Waals surface area contributed by atoms with Gasteiger partial charge in [0.15, 0.2) is 0 Å². The molecule has 0 aliphatic carbocycles. The van der Waals surface area contributed by atoms with Crippen LogP contribution in [0.2, 0.25) is 5.02 Å². The summed E-state index contributed by atoms with van der Waals surface area (Å²) in [7, 11) is 0. The van der Waals surface area contributed by atoms with E-state index in [1.165, 1.54) is 18.2 Å². The molecule has 1 aromatic carbocycles. The summed E-state index contributed by atoms with van der Waals surface area (Å²) in [5.74, 6) is -2.86. The second kappa shape index (κ2) is 5.70. The monoisotopic (exact) mass is 266 g/mol. The third kappa shape index (κ3) is 3.50. The van der Waals surface area contributed by atoms with E-state index < -0.39 is 17.6 Å². The van der Waals surface area contributed by atoms with E-state index in [2.05, 4.69) is 5.32 Å². The zero-order chi connectivity index (χ0) is 13.7. The summed E-state index contributed by atoms with van der Waals surface area (Å²) in [5.41, 5.74) is -0.279. The second-order valence-electron chi connectivity index (χ2n) is 3.13. The maximum Gasteiger partial charge on any atom is 0.352 e. The number of halogens is 1. The van der Waals surface area contributed by atoms with Crippen LogP contribution in [0.15, 0.2) is 30.0 Å². The highest BCUT2D eigenvalue weighted by molar-refractivity contribution is 6.30. The molecular formula is C11H7ClN2O4. The van der Waals surface area contributed by atoms with Crippen molar-refractivity contribution >= 4 is 29.2 Å². The molecule has 0 aliphatic heterocycles. The second-order valence-corrected chi connectivity index (χ2v) is 3.56. The topological polar surface area (TPSA) is 110 Å². The van der Waals surface area contributed by atoms with Crippen molar-refractivity contribution in [2.24, 2.45) is 0 Å². The van der Waals surface area contributed by atoms with Crippen molar-refractivity contribution in [1.82, 2.24) is 0 Å². The Labute approximate surface area is 107 Å². The van der Waals surface area contributed by atoms with E-state index in [-0.39, 0.29) is 11.3 Å². The molecule has 6 nitrogen and oxygen atoms in total. The predicted molar refractivity (Wildman–Crippen MR) is 63.1 cm³/mol. The first-order valence-electron chi connectivity index (χ1n) is 4.58. The zero-order valence-electron chi connectivity index (χ0n) is 8.85. The quantitative estimate of drug-likeness (QED) is 0.715. The van der Waals surface area contributed by atoms with Gasteiger partial charge < -0.3 is 15.5 Å². The summed E-state index contributed by atoms with van der Waals surface area (Å²) < 4.78 is 0. The summed E-state index contributed by atoms with van der Waals surface area (Å²) in [6, 6.07) is 5.99. The Morgan fingerprint density at radius 2 is 2.06 bits per heavy atom. The fourth-order valence-electron chi connectivity index (χ4n) is 1.14. The average Bonchev–Trinajstić information content (AvgIpc) is 2.29. The Kier molecular flexibility index (Phi) is 4.29. The van der Waals surface area contributed by atoms with Crippen molar-refractivity contribution in [3.05, 3.63) is 40.6 Å². The van der Waals surface area contributed by atoms with Crippen molar-refractivity contribution in [3.8, 4) is 6.07 Å². The van der Waals surface area contributed by atoms with E-state index >= 15 is 0 Å². The van der Waals surface area contributed by atoms with Crippen LogP contribution in [0.3, 0.4) is 0 Å². The van der Waals surface area contributed by atoms with Gasteiger partial charge in [0.1, 0.15) is 11.8 Å². The number of anilines is 1. The van der Waals surface area contributed by atoms with Crippen LogP contribution in [0.5, 0.6) is 0 Å². The summed E-state index contributed by atoms with van der Waals surface area (Å²) >= 11 is 5.68. The predicted octanol–water partition coefficient (Wildman–Crippen LogP) is 1.68. The first-order chi connectivity index (χ1) is 8.43. The van der Waals surface area contributed by atoms with Gasteiger partial charge in [-0.2, -0.15) is 5.26 Å². The minimum atomic E-state index is -1.45. The number of nitrogens with one attached hydrogen (secondary N) is 1. The van der Waals surface area contributed by atoms with E-state index in [0.29, 0.717) is 11.1 Å². The molecular weight excluding hydrogens is 260 g/mol. The fourth-order valence-corrected chi connectivity index (χ4v) is 1.31. The van der Waals surface area contributed by atoms with E-state index in [4.69, 9.17) is 27.1 Å². The highest BCUT2D eigenvalue weighted by Crippen LogP contribution is 2.21. The summed E-state index contributed by atoms with van der Waals surface area (Å²) in [5, 5.41) is 28.8. The molecule has 0 saturated carbocycles. The molecule has 0 bridgehead atoms. The molecule has 0 fully saturated rings. The first-order valence-corrected chi connectivity index (χ1v) is 4.96. The standard InChI is InChI=1S/C11H7ClN2O4/c12-7-1-2-8(6(3-7)5-13)14-9(11(17)18)4-10(15)16/h1-4,14H,(H,15,16)(H,17,18)/b9-4-. The molecule has 0 atom stereocenters. The first kappa shape index (κ1) is 13.5. The SMILES string of the molecule is N#Cc1cc(Cl)ccc1N/C(=C\C(=O)O)C(=O)O. The van der Waals surface area contributed by atoms with Crippen LogP contribution in [-0.4, -0.2) is 22.2 Å². The lowest BCUT2D eigenvalue weighted by molar-refractivity contribution is -0.134. The van der Waals surface area contributed by atoms with Gasteiger partial charge in [0, 0.05) is 5.02 Å². The van der Waals surface area contributed by atoms with Crippen molar-refractivity contribution in [3.63, 3.8) is 0 Å². The molecule has 1 rings (SSSR count). The highest BCUT2D eigenvalue weighted by Gasteiger charge is 2.12. The van der Waals surface area contributed by atoms with E-state index in [1.54, 1.807) is 0 Å². The molecule has 0 radical (unpaired) electrons. The van der Waals surface area contributed by atoms with Crippen LogP contribution in [0.4, 0.5) is 5.69 Å². The summed E-state index contributed by atoms with van der Waals surface area (Å²) in [6.07, 6.45) is 0.498. The molecule has 0 aliphatic rings. The van der Waals surface area contributed by atoms with Crippen molar-refractivity contribution < 1.29 is 19.8 Å². The molecule has 0 amide bonds. The van der Waals surface area contributed by atoms with E-state index in [9.17, 15) is 9.59 Å². The number of carboxylic acids is 2. The molecule has 0 saturated heterocycles. The van der Waals surface area contributed by atoms with Gasteiger partial charge >= 0.3 is 11.9 Å². The molecule has 0 heterocycles. The highest BCUT2D eigenvalue weighted by atomic mass is 35.5. The Morgan fingerprint density at radius 3 is 2.56 bits per heavy atom. The molecule has 92 valence electrons. The van der Waals surface area contributed by atoms with E-state index in [0.717, 1.165) is 0 Å². The Hall–Kier alpha value is -2.52. The van der Waals surface area contributed by atoms with Gasteiger partial charge in [-0.1, -0.05) is 11.6 Å². The minimum absolute atomic E-state index is 0.111. The normalized spacial score (nSPS) is 10.6. The number of rotatable bonds is 4. The molecule has 3 N–H and O–H groups in total. The number of carbonyl (C=O) groups is 2. The van der Waals surface area contributed by atoms with Gasteiger partial charge in [0.05, 0.1) is 17.3 Å². The van der Waals surface area contributed by atoms with Crippen LogP contribution < -0.4 is 5.32 Å². The third-order valence-electron chi connectivity index (χ3n) is 1.87. The maximum absolute atomic E-state index is 10.8. The molecule has 18 heavy (non-hydrogen) atoms. The van der Waals surface area contributed by atoms with Gasteiger partial charge in [-0.15, -0.1) is 0 Å². The molecule has 7 heteroatoms. The summed E-state index contributed by atoms with van der Waals surface area (Å²) in [4.78, 5) is 21.2. The van der Waals surface area contributed by atoms with Crippen LogP contribution in [0.25, 0.3) is 0 Å². The van der Waals surface area contributed by atoms with Crippen LogP contribution in [0.1, 0.15) is 5.56 Å². The number of aliphatic carboxylic acids is 2. The van der Waals surface area contributed by atoms with E-state index in [1.807, 2.05) is 6.07 Å². The number of nitrogens with zero attached hydrogens (tertiary/aromatic N) is 1. The minimum Gasteiger partial charge on any atom is -0.478 e. The molecule has 0 spiro atoms. The number of benzene rings is 1.